The maximum atomic E-state index is 12.4. The Morgan fingerprint density at radius 3 is 2.54 bits per heavy atom. The molecule has 0 bridgehead atoms. The summed E-state index contributed by atoms with van der Waals surface area (Å²) in [4.78, 5) is 12.4. The number of amides is 1. The van der Waals surface area contributed by atoms with Gasteiger partial charge in [-0.1, -0.05) is 19.6 Å². The molecule has 1 atom stereocenters. The standard InChI is InChI=1S/C22H26N2O3S/c1-5-16(4)27-19-11-9-17(10-12-19)21(25)24-22(28)23-18-7-6-8-20(13-18)26-14-15(2)3/h6-13,16H,2,5,14H2,1,3-4H3,(H2,23,24,25,28). The van der Waals surface area contributed by atoms with Gasteiger partial charge in [0, 0.05) is 17.3 Å². The van der Waals surface area contributed by atoms with Crippen molar-refractivity contribution in [2.45, 2.75) is 33.3 Å². The highest BCUT2D eigenvalue weighted by atomic mass is 32.1. The Balaban J connectivity index is 1.91. The second kappa shape index (κ2) is 10.5. The molecule has 0 saturated heterocycles. The van der Waals surface area contributed by atoms with Gasteiger partial charge >= 0.3 is 0 Å². The molecule has 5 nitrogen and oxygen atoms in total. The van der Waals surface area contributed by atoms with Crippen molar-refractivity contribution in [2.75, 3.05) is 11.9 Å². The summed E-state index contributed by atoms with van der Waals surface area (Å²) in [6.07, 6.45) is 1.05. The van der Waals surface area contributed by atoms with Crippen LogP contribution in [-0.2, 0) is 0 Å². The minimum Gasteiger partial charge on any atom is -0.491 e. The second-order valence-corrected chi connectivity index (χ2v) is 6.95. The minimum atomic E-state index is -0.290. The largest absolute Gasteiger partial charge is 0.491 e. The molecule has 0 saturated carbocycles. The summed E-state index contributed by atoms with van der Waals surface area (Å²) >= 11 is 5.24. The van der Waals surface area contributed by atoms with Crippen molar-refractivity contribution in [3.8, 4) is 11.5 Å². The molecule has 2 aromatic rings. The molecule has 0 heterocycles. The molecule has 0 spiro atoms. The predicted molar refractivity (Wildman–Crippen MR) is 117 cm³/mol. The molecule has 148 valence electrons. The Morgan fingerprint density at radius 2 is 1.89 bits per heavy atom. The average Bonchev–Trinajstić information content (AvgIpc) is 2.67. The van der Waals surface area contributed by atoms with E-state index in [9.17, 15) is 4.79 Å². The van der Waals surface area contributed by atoms with Gasteiger partial charge < -0.3 is 14.8 Å². The Bertz CT molecular complexity index is 834. The van der Waals surface area contributed by atoms with E-state index in [-0.39, 0.29) is 17.1 Å². The first-order chi connectivity index (χ1) is 13.4. The van der Waals surface area contributed by atoms with Gasteiger partial charge in [-0.05, 0) is 74.5 Å². The number of benzene rings is 2. The van der Waals surface area contributed by atoms with Crippen LogP contribution in [0.1, 0.15) is 37.6 Å². The van der Waals surface area contributed by atoms with E-state index in [4.69, 9.17) is 21.7 Å². The van der Waals surface area contributed by atoms with Gasteiger partial charge in [-0.3, -0.25) is 10.1 Å². The van der Waals surface area contributed by atoms with Crippen molar-refractivity contribution in [3.63, 3.8) is 0 Å². The quantitative estimate of drug-likeness (QED) is 0.487. The summed E-state index contributed by atoms with van der Waals surface area (Å²) in [6, 6.07) is 14.3. The van der Waals surface area contributed by atoms with Crippen molar-refractivity contribution in [2.24, 2.45) is 0 Å². The lowest BCUT2D eigenvalue weighted by molar-refractivity contribution is 0.0977. The summed E-state index contributed by atoms with van der Waals surface area (Å²) in [5.74, 6) is 1.14. The molecule has 0 radical (unpaired) electrons. The van der Waals surface area contributed by atoms with Crippen molar-refractivity contribution in [1.82, 2.24) is 5.32 Å². The summed E-state index contributed by atoms with van der Waals surface area (Å²) in [7, 11) is 0. The Kier molecular flexibility index (Phi) is 8.02. The van der Waals surface area contributed by atoms with Crippen LogP contribution < -0.4 is 20.1 Å². The van der Waals surface area contributed by atoms with E-state index in [1.54, 1.807) is 24.3 Å². The predicted octanol–water partition coefficient (Wildman–Crippen LogP) is 4.95. The fraction of sp³-hybridized carbons (Fsp3) is 0.273. The van der Waals surface area contributed by atoms with E-state index in [2.05, 4.69) is 24.1 Å². The number of carbonyl (C=O) groups is 1. The van der Waals surface area contributed by atoms with Crippen LogP contribution in [0.5, 0.6) is 11.5 Å². The molecule has 2 rings (SSSR count). The molecular formula is C22H26N2O3S. The number of thiocarbonyl (C=S) groups is 1. The Hall–Kier alpha value is -2.86. The molecule has 0 fully saturated rings. The van der Waals surface area contributed by atoms with E-state index in [1.807, 2.05) is 38.1 Å². The van der Waals surface area contributed by atoms with Crippen LogP contribution in [0.3, 0.4) is 0 Å². The Labute approximate surface area is 171 Å². The Morgan fingerprint density at radius 1 is 1.18 bits per heavy atom. The molecule has 2 aromatic carbocycles. The molecule has 1 amide bonds. The third kappa shape index (κ3) is 7.04. The highest BCUT2D eigenvalue weighted by Gasteiger charge is 2.09. The lowest BCUT2D eigenvalue weighted by atomic mass is 10.2. The SMILES string of the molecule is C=C(C)COc1cccc(NC(=S)NC(=O)c2ccc(OC(C)CC)cc2)c1. The highest BCUT2D eigenvalue weighted by Crippen LogP contribution is 2.18. The number of ether oxygens (including phenoxy) is 2. The molecule has 0 aliphatic heterocycles. The molecule has 1 unspecified atom stereocenters. The number of anilines is 1. The van der Waals surface area contributed by atoms with Gasteiger partial charge in [-0.25, -0.2) is 0 Å². The number of nitrogens with one attached hydrogen (secondary N) is 2. The van der Waals surface area contributed by atoms with Crippen molar-refractivity contribution < 1.29 is 14.3 Å². The van der Waals surface area contributed by atoms with Crippen LogP contribution in [-0.4, -0.2) is 23.7 Å². The normalized spacial score (nSPS) is 11.2. The van der Waals surface area contributed by atoms with Crippen LogP contribution in [0.15, 0.2) is 60.7 Å². The molecule has 0 aliphatic rings. The fourth-order valence-electron chi connectivity index (χ4n) is 2.21. The maximum Gasteiger partial charge on any atom is 0.257 e. The zero-order chi connectivity index (χ0) is 20.5. The van der Waals surface area contributed by atoms with E-state index in [1.165, 1.54) is 0 Å². The van der Waals surface area contributed by atoms with Gasteiger partial charge in [0.05, 0.1) is 6.10 Å². The van der Waals surface area contributed by atoms with Gasteiger partial charge in [0.15, 0.2) is 5.11 Å². The van der Waals surface area contributed by atoms with Crippen molar-refractivity contribution in [3.05, 3.63) is 66.2 Å². The van der Waals surface area contributed by atoms with Crippen LogP contribution >= 0.6 is 12.2 Å². The van der Waals surface area contributed by atoms with Gasteiger partial charge in [0.25, 0.3) is 5.91 Å². The summed E-state index contributed by atoms with van der Waals surface area (Å²) in [5.41, 5.74) is 2.16. The number of rotatable bonds is 8. The van der Waals surface area contributed by atoms with Crippen LogP contribution in [0.4, 0.5) is 5.69 Å². The molecule has 2 N–H and O–H groups in total. The number of hydrogen-bond donors (Lipinski definition) is 2. The zero-order valence-electron chi connectivity index (χ0n) is 16.5. The lowest BCUT2D eigenvalue weighted by Gasteiger charge is -2.13. The van der Waals surface area contributed by atoms with E-state index >= 15 is 0 Å². The first kappa shape index (κ1) is 21.4. The first-order valence-corrected chi connectivity index (χ1v) is 9.54. The van der Waals surface area contributed by atoms with Gasteiger partial charge in [-0.2, -0.15) is 0 Å². The summed E-state index contributed by atoms with van der Waals surface area (Å²) in [6.45, 7) is 10.2. The second-order valence-electron chi connectivity index (χ2n) is 6.54. The summed E-state index contributed by atoms with van der Waals surface area (Å²) in [5, 5.41) is 5.87. The van der Waals surface area contributed by atoms with Crippen LogP contribution in [0.2, 0.25) is 0 Å². The fourth-order valence-corrected chi connectivity index (χ4v) is 2.42. The molecule has 0 aromatic heterocycles. The van der Waals surface area contributed by atoms with Gasteiger partial charge in [0.2, 0.25) is 0 Å². The van der Waals surface area contributed by atoms with Crippen LogP contribution in [0, 0.1) is 0 Å². The van der Waals surface area contributed by atoms with Crippen molar-refractivity contribution >= 4 is 28.9 Å². The lowest BCUT2D eigenvalue weighted by Crippen LogP contribution is -2.34. The van der Waals surface area contributed by atoms with Crippen molar-refractivity contribution in [1.29, 1.82) is 0 Å². The monoisotopic (exact) mass is 398 g/mol. The molecular weight excluding hydrogens is 372 g/mol. The topological polar surface area (TPSA) is 59.6 Å². The minimum absolute atomic E-state index is 0.131. The zero-order valence-corrected chi connectivity index (χ0v) is 17.3. The average molecular weight is 399 g/mol. The molecule has 6 heteroatoms. The molecule has 0 aliphatic carbocycles. The number of carbonyl (C=O) groups excluding carboxylic acids is 1. The third-order valence-electron chi connectivity index (χ3n) is 3.83. The summed E-state index contributed by atoms with van der Waals surface area (Å²) < 4.78 is 11.3. The number of hydrogen-bond acceptors (Lipinski definition) is 4. The van der Waals surface area contributed by atoms with E-state index in [0.29, 0.717) is 17.9 Å². The first-order valence-electron chi connectivity index (χ1n) is 9.13. The maximum absolute atomic E-state index is 12.4. The highest BCUT2D eigenvalue weighted by molar-refractivity contribution is 7.80. The van der Waals surface area contributed by atoms with Gasteiger partial charge in [-0.15, -0.1) is 0 Å². The van der Waals surface area contributed by atoms with E-state index in [0.717, 1.165) is 23.4 Å². The van der Waals surface area contributed by atoms with Crippen LogP contribution in [0.25, 0.3) is 0 Å². The van der Waals surface area contributed by atoms with E-state index < -0.39 is 0 Å². The smallest absolute Gasteiger partial charge is 0.257 e. The third-order valence-corrected chi connectivity index (χ3v) is 4.04. The molecule has 28 heavy (non-hydrogen) atoms. The van der Waals surface area contributed by atoms with Gasteiger partial charge in [0.1, 0.15) is 18.1 Å².